The second kappa shape index (κ2) is 2.26. The molecular weight excluding hydrogens is 130 g/mol. The quantitative estimate of drug-likeness (QED) is 0.534. The Morgan fingerprint density at radius 2 is 1.38 bits per heavy atom. The molecule has 54 valence electrons. The summed E-state index contributed by atoms with van der Waals surface area (Å²) in [5.74, 6) is 0. The summed E-state index contributed by atoms with van der Waals surface area (Å²) in [4.78, 5) is 18.0. The van der Waals surface area contributed by atoms with Gasteiger partial charge in [0.15, 0.2) is 0 Å². The summed E-state index contributed by atoms with van der Waals surface area (Å²) in [5.41, 5.74) is 0. The summed E-state index contributed by atoms with van der Waals surface area (Å²) < 4.78 is 0. The molecule has 0 saturated carbocycles. The van der Waals surface area contributed by atoms with Gasteiger partial charge < -0.3 is 0 Å². The van der Waals surface area contributed by atoms with E-state index in [2.05, 4.69) is 0 Å². The van der Waals surface area contributed by atoms with E-state index in [1.54, 1.807) is 6.92 Å². The van der Waals surface area contributed by atoms with Crippen molar-refractivity contribution in [3.05, 3.63) is 0 Å². The molecule has 2 N–H and O–H groups in total. The predicted octanol–water partition coefficient (Wildman–Crippen LogP) is 0.786. The van der Waals surface area contributed by atoms with E-state index in [0.717, 1.165) is 0 Å². The Kier molecular flexibility index (Phi) is 3.14. The van der Waals surface area contributed by atoms with Gasteiger partial charge in [0.2, 0.25) is 0 Å². The van der Waals surface area contributed by atoms with Crippen molar-refractivity contribution in [2.45, 2.75) is 6.92 Å². The Bertz CT molecular complexity index is 66.6. The summed E-state index contributed by atoms with van der Waals surface area (Å²) in [7, 11) is -3.08. The zero-order valence-corrected chi connectivity index (χ0v) is 6.35. The second-order valence-corrected chi connectivity index (χ2v) is 7.70. The first-order valence-corrected chi connectivity index (χ1v) is 5.54. The van der Waals surface area contributed by atoms with Crippen LogP contribution < -0.4 is 0 Å². The molecule has 4 heteroatoms. The molecule has 0 unspecified atom stereocenters. The maximum Gasteiger partial charge on any atom is -0.269 e. The standard InChI is InChI=1S/C4H13O2P.FH/c1-4-7(2,3,5)6;/h5-6H,4H2,1-3H3;1H. The maximum absolute atomic E-state index is 8.98. The zero-order valence-electron chi connectivity index (χ0n) is 5.46. The van der Waals surface area contributed by atoms with E-state index in [-0.39, 0.29) is 4.70 Å². The molecule has 0 aliphatic rings. The first kappa shape index (κ1) is 11.1. The van der Waals surface area contributed by atoms with Gasteiger partial charge in [-0.15, -0.1) is 0 Å². The maximum atomic E-state index is 8.98. The molecule has 0 atom stereocenters. The van der Waals surface area contributed by atoms with Crippen LogP contribution in [0.4, 0.5) is 4.70 Å². The van der Waals surface area contributed by atoms with Crippen molar-refractivity contribution >= 4 is 7.06 Å². The number of rotatable bonds is 1. The van der Waals surface area contributed by atoms with Gasteiger partial charge in [-0.1, -0.05) is 0 Å². The summed E-state index contributed by atoms with van der Waals surface area (Å²) >= 11 is 0. The molecule has 0 aromatic carbocycles. The molecule has 0 heterocycles. The monoisotopic (exact) mass is 144 g/mol. The minimum atomic E-state index is -3.08. The average molecular weight is 144 g/mol. The molecular formula is C4H14FO2P. The molecule has 0 aliphatic heterocycles. The second-order valence-electron chi connectivity index (χ2n) is 2.57. The Morgan fingerprint density at radius 3 is 1.38 bits per heavy atom. The van der Waals surface area contributed by atoms with Gasteiger partial charge in [-0.05, 0) is 0 Å². The number of hydrogen-bond donors (Lipinski definition) is 2. The SMILES string of the molecule is CCP(C)(C)(O)O.F. The van der Waals surface area contributed by atoms with Crippen LogP contribution in [-0.4, -0.2) is 29.3 Å². The largest absolute Gasteiger partial charge is 0.269 e. The van der Waals surface area contributed by atoms with E-state index in [4.69, 9.17) is 9.79 Å². The van der Waals surface area contributed by atoms with E-state index in [1.807, 2.05) is 0 Å². The first-order valence-electron chi connectivity index (χ1n) is 2.32. The van der Waals surface area contributed by atoms with Crippen LogP contribution in [0.2, 0.25) is 0 Å². The van der Waals surface area contributed by atoms with E-state index in [1.165, 1.54) is 13.3 Å². The molecule has 8 heavy (non-hydrogen) atoms. The van der Waals surface area contributed by atoms with Gasteiger partial charge in [0.05, 0.1) is 0 Å². The third-order valence-corrected chi connectivity index (χ3v) is 2.75. The van der Waals surface area contributed by atoms with Crippen LogP contribution in [0.1, 0.15) is 6.92 Å². The topological polar surface area (TPSA) is 40.5 Å². The summed E-state index contributed by atoms with van der Waals surface area (Å²) in [6.07, 6.45) is 0.478. The van der Waals surface area contributed by atoms with Gasteiger partial charge in [0, 0.05) is 0 Å². The van der Waals surface area contributed by atoms with E-state index < -0.39 is 7.06 Å². The van der Waals surface area contributed by atoms with Gasteiger partial charge in [-0.2, -0.15) is 0 Å². The van der Waals surface area contributed by atoms with Crippen LogP contribution in [0.3, 0.4) is 0 Å². The van der Waals surface area contributed by atoms with Crippen molar-refractivity contribution in [3.8, 4) is 0 Å². The van der Waals surface area contributed by atoms with Crippen molar-refractivity contribution in [1.29, 1.82) is 0 Å². The van der Waals surface area contributed by atoms with Crippen molar-refractivity contribution in [2.75, 3.05) is 19.5 Å². The predicted molar refractivity (Wildman–Crippen MR) is 36.2 cm³/mol. The molecule has 0 amide bonds. The van der Waals surface area contributed by atoms with Gasteiger partial charge in [-0.3, -0.25) is 4.70 Å². The number of hydrogen-bond acceptors (Lipinski definition) is 2. The average Bonchev–Trinajstić information content (AvgIpc) is 1.32. The molecule has 0 rings (SSSR count). The normalized spacial score (nSPS) is 15.9. The van der Waals surface area contributed by atoms with Gasteiger partial charge in [0.1, 0.15) is 0 Å². The molecule has 0 aromatic heterocycles. The third-order valence-electron chi connectivity index (χ3n) is 0.915. The fourth-order valence-corrected chi connectivity index (χ4v) is 0. The van der Waals surface area contributed by atoms with E-state index in [9.17, 15) is 0 Å². The fraction of sp³-hybridized carbons (Fsp3) is 1.00. The molecule has 0 bridgehead atoms. The van der Waals surface area contributed by atoms with Crippen LogP contribution in [-0.2, 0) is 0 Å². The van der Waals surface area contributed by atoms with Crippen molar-refractivity contribution in [2.24, 2.45) is 0 Å². The van der Waals surface area contributed by atoms with Gasteiger partial charge >= 0.3 is 43.3 Å². The Morgan fingerprint density at radius 1 is 1.25 bits per heavy atom. The van der Waals surface area contributed by atoms with Crippen LogP contribution in [0.5, 0.6) is 0 Å². The smallest absolute Gasteiger partial charge is 0.269 e. The Labute approximate surface area is 49.0 Å². The molecule has 0 aliphatic carbocycles. The van der Waals surface area contributed by atoms with E-state index >= 15 is 0 Å². The van der Waals surface area contributed by atoms with Crippen LogP contribution in [0.25, 0.3) is 0 Å². The van der Waals surface area contributed by atoms with Crippen LogP contribution >= 0.6 is 7.06 Å². The van der Waals surface area contributed by atoms with Crippen LogP contribution in [0.15, 0.2) is 0 Å². The molecule has 2 nitrogen and oxygen atoms in total. The summed E-state index contributed by atoms with van der Waals surface area (Å²) in [5, 5.41) is 0. The number of halogens is 1. The van der Waals surface area contributed by atoms with Crippen LogP contribution in [0, 0.1) is 0 Å². The Balaban J connectivity index is 0. The Hall–Kier alpha value is 0.280. The molecule has 0 radical (unpaired) electrons. The van der Waals surface area contributed by atoms with Gasteiger partial charge in [-0.25, -0.2) is 0 Å². The minimum Gasteiger partial charge on any atom is -0.269 e. The zero-order chi connectivity index (χ0) is 6.15. The third kappa shape index (κ3) is 9.56. The first-order chi connectivity index (χ1) is 2.81. The molecule has 0 aromatic rings. The fourth-order valence-electron chi connectivity index (χ4n) is 0. The van der Waals surface area contributed by atoms with E-state index in [0.29, 0.717) is 6.16 Å². The van der Waals surface area contributed by atoms with Crippen molar-refractivity contribution in [3.63, 3.8) is 0 Å². The summed E-state index contributed by atoms with van der Waals surface area (Å²) in [6, 6.07) is 0. The summed E-state index contributed by atoms with van der Waals surface area (Å²) in [6.45, 7) is 4.79. The van der Waals surface area contributed by atoms with Gasteiger partial charge in [0.25, 0.3) is 0 Å². The molecule has 0 saturated heterocycles. The minimum absolute atomic E-state index is 0. The van der Waals surface area contributed by atoms with Crippen molar-refractivity contribution < 1.29 is 14.5 Å². The van der Waals surface area contributed by atoms with Crippen molar-refractivity contribution in [1.82, 2.24) is 0 Å². The molecule has 0 spiro atoms. The molecule has 0 fully saturated rings.